The highest BCUT2D eigenvalue weighted by molar-refractivity contribution is 5.55. The van der Waals surface area contributed by atoms with Crippen molar-refractivity contribution in [3.63, 3.8) is 0 Å². The predicted octanol–water partition coefficient (Wildman–Crippen LogP) is 4.25. The molecule has 0 bridgehead atoms. The molecule has 3 aromatic rings. The molecule has 1 heterocycles. The number of nitrogens with zero attached hydrogens (tertiary/aromatic N) is 2. The molecule has 140 valence electrons. The van der Waals surface area contributed by atoms with Crippen LogP contribution < -0.4 is 15.4 Å². The van der Waals surface area contributed by atoms with Gasteiger partial charge in [0.2, 0.25) is 5.95 Å². The average molecular weight is 364 g/mol. The van der Waals surface area contributed by atoms with Gasteiger partial charge in [0.1, 0.15) is 18.2 Å². The maximum atomic E-state index is 5.80. The van der Waals surface area contributed by atoms with Gasteiger partial charge < -0.3 is 20.1 Å². The quantitative estimate of drug-likeness (QED) is 0.524. The van der Waals surface area contributed by atoms with Crippen LogP contribution in [-0.2, 0) is 11.3 Å². The Morgan fingerprint density at radius 3 is 2.56 bits per heavy atom. The van der Waals surface area contributed by atoms with Crippen LogP contribution in [0.2, 0.25) is 0 Å². The Balaban J connectivity index is 1.52. The van der Waals surface area contributed by atoms with Crippen LogP contribution in [-0.4, -0.2) is 30.2 Å². The van der Waals surface area contributed by atoms with E-state index < -0.39 is 0 Å². The fourth-order valence-corrected chi connectivity index (χ4v) is 2.45. The number of hydrogen-bond donors (Lipinski definition) is 2. The SMILES string of the molecule is COCCCNc1ccnc(Nc2ccc(OCc3ccccc3)cc2)n1. The monoisotopic (exact) mass is 364 g/mol. The van der Waals surface area contributed by atoms with Gasteiger partial charge in [0.05, 0.1) is 0 Å². The molecule has 0 saturated carbocycles. The van der Waals surface area contributed by atoms with Gasteiger partial charge in [-0.25, -0.2) is 4.98 Å². The number of benzene rings is 2. The van der Waals surface area contributed by atoms with Crippen LogP contribution in [0.5, 0.6) is 5.75 Å². The lowest BCUT2D eigenvalue weighted by atomic mass is 10.2. The Bertz CT molecular complexity index is 810. The molecule has 2 aromatic carbocycles. The van der Waals surface area contributed by atoms with Crippen molar-refractivity contribution in [1.29, 1.82) is 0 Å². The number of rotatable bonds is 10. The van der Waals surface area contributed by atoms with E-state index in [-0.39, 0.29) is 0 Å². The molecule has 0 aliphatic rings. The van der Waals surface area contributed by atoms with Crippen molar-refractivity contribution in [2.45, 2.75) is 13.0 Å². The Kier molecular flexibility index (Phi) is 7.00. The summed E-state index contributed by atoms with van der Waals surface area (Å²) in [6.07, 6.45) is 2.65. The normalized spacial score (nSPS) is 10.4. The first kappa shape index (κ1) is 18.7. The summed E-state index contributed by atoms with van der Waals surface area (Å²) in [4.78, 5) is 8.72. The summed E-state index contributed by atoms with van der Waals surface area (Å²) in [7, 11) is 1.70. The number of hydrogen-bond acceptors (Lipinski definition) is 6. The fraction of sp³-hybridized carbons (Fsp3) is 0.238. The van der Waals surface area contributed by atoms with E-state index in [1.54, 1.807) is 13.3 Å². The summed E-state index contributed by atoms with van der Waals surface area (Å²) >= 11 is 0. The minimum Gasteiger partial charge on any atom is -0.489 e. The molecule has 0 atom stereocenters. The van der Waals surface area contributed by atoms with Crippen LogP contribution in [0.25, 0.3) is 0 Å². The van der Waals surface area contributed by atoms with E-state index in [9.17, 15) is 0 Å². The van der Waals surface area contributed by atoms with Crippen LogP contribution in [0.3, 0.4) is 0 Å². The average Bonchev–Trinajstić information content (AvgIpc) is 2.72. The van der Waals surface area contributed by atoms with E-state index in [1.165, 1.54) is 0 Å². The molecule has 1 aromatic heterocycles. The summed E-state index contributed by atoms with van der Waals surface area (Å²) in [5.41, 5.74) is 2.04. The fourth-order valence-electron chi connectivity index (χ4n) is 2.45. The zero-order valence-electron chi connectivity index (χ0n) is 15.4. The van der Waals surface area contributed by atoms with Crippen molar-refractivity contribution in [1.82, 2.24) is 9.97 Å². The minimum atomic E-state index is 0.546. The number of aromatic nitrogens is 2. The number of anilines is 3. The molecule has 6 nitrogen and oxygen atoms in total. The second-order valence-electron chi connectivity index (χ2n) is 5.96. The molecule has 2 N–H and O–H groups in total. The third-order valence-electron chi connectivity index (χ3n) is 3.85. The molecule has 0 unspecified atom stereocenters. The van der Waals surface area contributed by atoms with Crippen LogP contribution >= 0.6 is 0 Å². The van der Waals surface area contributed by atoms with Gasteiger partial charge in [0.25, 0.3) is 0 Å². The molecular formula is C21H24N4O2. The van der Waals surface area contributed by atoms with E-state index in [2.05, 4.69) is 20.6 Å². The van der Waals surface area contributed by atoms with Gasteiger partial charge in [-0.1, -0.05) is 30.3 Å². The summed E-state index contributed by atoms with van der Waals surface area (Å²) in [6, 6.07) is 19.7. The molecule has 0 aliphatic carbocycles. The van der Waals surface area contributed by atoms with Gasteiger partial charge in [-0.3, -0.25) is 0 Å². The van der Waals surface area contributed by atoms with Crippen LogP contribution in [0.15, 0.2) is 66.9 Å². The predicted molar refractivity (Wildman–Crippen MR) is 108 cm³/mol. The van der Waals surface area contributed by atoms with E-state index in [0.717, 1.165) is 42.4 Å². The van der Waals surface area contributed by atoms with E-state index >= 15 is 0 Å². The topological polar surface area (TPSA) is 68.3 Å². The number of methoxy groups -OCH3 is 1. The van der Waals surface area contributed by atoms with Crippen LogP contribution in [0.1, 0.15) is 12.0 Å². The Morgan fingerprint density at radius 2 is 1.78 bits per heavy atom. The lowest BCUT2D eigenvalue weighted by molar-refractivity contribution is 0.198. The standard InChI is InChI=1S/C21H24N4O2/c1-26-15-5-13-22-20-12-14-23-21(25-20)24-18-8-10-19(11-9-18)27-16-17-6-3-2-4-7-17/h2-4,6-12,14H,5,13,15-16H2,1H3,(H2,22,23,24,25). The first-order valence-electron chi connectivity index (χ1n) is 8.93. The summed E-state index contributed by atoms with van der Waals surface area (Å²) in [6.45, 7) is 2.08. The lowest BCUT2D eigenvalue weighted by Crippen LogP contribution is -2.07. The largest absolute Gasteiger partial charge is 0.489 e. The van der Waals surface area contributed by atoms with E-state index in [4.69, 9.17) is 9.47 Å². The first-order chi connectivity index (χ1) is 13.3. The molecular weight excluding hydrogens is 340 g/mol. The maximum absolute atomic E-state index is 5.80. The Hall–Kier alpha value is -3.12. The molecule has 0 saturated heterocycles. The van der Waals surface area contributed by atoms with Crippen LogP contribution in [0, 0.1) is 0 Å². The highest BCUT2D eigenvalue weighted by Gasteiger charge is 2.01. The highest BCUT2D eigenvalue weighted by atomic mass is 16.5. The molecule has 0 fully saturated rings. The van der Waals surface area contributed by atoms with E-state index in [1.807, 2.05) is 60.7 Å². The minimum absolute atomic E-state index is 0.546. The molecule has 27 heavy (non-hydrogen) atoms. The molecule has 0 spiro atoms. The van der Waals surface area contributed by atoms with Crippen molar-refractivity contribution in [3.8, 4) is 5.75 Å². The number of ether oxygens (including phenoxy) is 2. The zero-order valence-corrected chi connectivity index (χ0v) is 15.4. The maximum Gasteiger partial charge on any atom is 0.229 e. The zero-order chi connectivity index (χ0) is 18.7. The van der Waals surface area contributed by atoms with Crippen molar-refractivity contribution in [3.05, 3.63) is 72.4 Å². The van der Waals surface area contributed by atoms with Crippen molar-refractivity contribution < 1.29 is 9.47 Å². The van der Waals surface area contributed by atoms with Gasteiger partial charge in [0, 0.05) is 32.1 Å². The van der Waals surface area contributed by atoms with Crippen LogP contribution in [0.4, 0.5) is 17.5 Å². The summed E-state index contributed by atoms with van der Waals surface area (Å²) in [5.74, 6) is 2.15. The van der Waals surface area contributed by atoms with Gasteiger partial charge in [-0.2, -0.15) is 4.98 Å². The Morgan fingerprint density at radius 1 is 0.963 bits per heavy atom. The highest BCUT2D eigenvalue weighted by Crippen LogP contribution is 2.19. The molecule has 0 amide bonds. The van der Waals surface area contributed by atoms with Gasteiger partial charge >= 0.3 is 0 Å². The summed E-state index contributed by atoms with van der Waals surface area (Å²) in [5, 5.41) is 6.46. The molecule has 6 heteroatoms. The van der Waals surface area contributed by atoms with Gasteiger partial charge in [-0.05, 0) is 42.3 Å². The number of nitrogens with one attached hydrogen (secondary N) is 2. The Labute approximate surface area is 159 Å². The lowest BCUT2D eigenvalue weighted by Gasteiger charge is -2.10. The first-order valence-corrected chi connectivity index (χ1v) is 8.93. The van der Waals surface area contributed by atoms with E-state index in [0.29, 0.717) is 12.6 Å². The van der Waals surface area contributed by atoms with Gasteiger partial charge in [-0.15, -0.1) is 0 Å². The molecule has 3 rings (SSSR count). The second-order valence-corrected chi connectivity index (χ2v) is 5.96. The van der Waals surface area contributed by atoms with Crippen molar-refractivity contribution >= 4 is 17.5 Å². The van der Waals surface area contributed by atoms with Crippen molar-refractivity contribution in [2.75, 3.05) is 30.9 Å². The smallest absolute Gasteiger partial charge is 0.229 e. The van der Waals surface area contributed by atoms with Crippen molar-refractivity contribution in [2.24, 2.45) is 0 Å². The third kappa shape index (κ3) is 6.27. The van der Waals surface area contributed by atoms with Gasteiger partial charge in [0.15, 0.2) is 0 Å². The second kappa shape index (κ2) is 10.1. The molecule has 0 aliphatic heterocycles. The molecule has 0 radical (unpaired) electrons. The summed E-state index contributed by atoms with van der Waals surface area (Å²) < 4.78 is 10.8. The third-order valence-corrected chi connectivity index (χ3v) is 3.85.